The molecule has 9 heteroatoms. The van der Waals surface area contributed by atoms with Crippen LogP contribution in [0.5, 0.6) is 5.75 Å². The number of aliphatic carboxylic acids is 2. The van der Waals surface area contributed by atoms with E-state index in [1.807, 2.05) is 24.0 Å². The number of fused-ring (bicyclic) bond motifs is 1. The maximum Gasteiger partial charge on any atom is 0.414 e. The zero-order valence-electron chi connectivity index (χ0n) is 17.7. The fourth-order valence-electron chi connectivity index (χ4n) is 3.94. The van der Waals surface area contributed by atoms with Crippen LogP contribution in [0.4, 0.5) is 0 Å². The Morgan fingerprint density at radius 3 is 2.52 bits per heavy atom. The van der Waals surface area contributed by atoms with Crippen molar-refractivity contribution in [1.29, 1.82) is 0 Å². The lowest BCUT2D eigenvalue weighted by Crippen LogP contribution is -2.34. The van der Waals surface area contributed by atoms with E-state index >= 15 is 0 Å². The molecule has 2 aromatic heterocycles. The van der Waals surface area contributed by atoms with Crippen LogP contribution in [0.1, 0.15) is 29.9 Å². The van der Waals surface area contributed by atoms with Crippen molar-refractivity contribution in [3.05, 3.63) is 47.9 Å². The molecule has 3 heterocycles. The number of carbonyl (C=O) groups is 2. The third kappa shape index (κ3) is 5.85. The number of H-pyrrole nitrogens is 1. The van der Waals surface area contributed by atoms with Crippen LogP contribution in [0.15, 0.2) is 36.8 Å². The first-order valence-electron chi connectivity index (χ1n) is 10.2. The maximum atomic E-state index is 9.10. The molecule has 0 aliphatic carbocycles. The van der Waals surface area contributed by atoms with E-state index in [-0.39, 0.29) is 0 Å². The molecule has 0 spiro atoms. The van der Waals surface area contributed by atoms with Crippen LogP contribution in [-0.2, 0) is 23.1 Å². The second kappa shape index (κ2) is 10.1. The van der Waals surface area contributed by atoms with E-state index in [0.29, 0.717) is 5.92 Å². The van der Waals surface area contributed by atoms with Crippen LogP contribution in [0.25, 0.3) is 10.9 Å². The van der Waals surface area contributed by atoms with Crippen molar-refractivity contribution in [1.82, 2.24) is 19.7 Å². The van der Waals surface area contributed by atoms with E-state index in [2.05, 4.69) is 39.5 Å². The second-order valence-electron chi connectivity index (χ2n) is 7.65. The molecule has 3 N–H and O–H groups in total. The summed E-state index contributed by atoms with van der Waals surface area (Å²) >= 11 is 0. The average molecular weight is 428 g/mol. The highest BCUT2D eigenvalue weighted by Gasteiger charge is 2.23. The summed E-state index contributed by atoms with van der Waals surface area (Å²) in [5, 5.41) is 20.3. The normalized spacial score (nSPS) is 14.8. The molecule has 0 radical (unpaired) electrons. The summed E-state index contributed by atoms with van der Waals surface area (Å²) in [5.74, 6) is -2.08. The number of ether oxygens (including phenoxy) is 1. The van der Waals surface area contributed by atoms with E-state index in [1.165, 1.54) is 48.0 Å². The Morgan fingerprint density at radius 2 is 1.94 bits per heavy atom. The SMILES string of the molecule is COc1ccc2[nH]cc(C3CCN(CCc4cnn(C)c4)CC3)c2c1.O=C(O)C(=O)O. The van der Waals surface area contributed by atoms with Crippen molar-refractivity contribution >= 4 is 22.8 Å². The number of aryl methyl sites for hydroxylation is 1. The van der Waals surface area contributed by atoms with Gasteiger partial charge in [0, 0.05) is 36.9 Å². The molecule has 1 fully saturated rings. The smallest absolute Gasteiger partial charge is 0.414 e. The Morgan fingerprint density at radius 1 is 1.23 bits per heavy atom. The minimum atomic E-state index is -1.82. The van der Waals surface area contributed by atoms with Gasteiger partial charge in [-0.1, -0.05) is 0 Å². The Kier molecular flexibility index (Phi) is 7.30. The molecule has 0 bridgehead atoms. The highest BCUT2D eigenvalue weighted by molar-refractivity contribution is 6.27. The van der Waals surface area contributed by atoms with E-state index in [4.69, 9.17) is 24.5 Å². The molecular formula is C22H28N4O5. The van der Waals surface area contributed by atoms with E-state index in [1.54, 1.807) is 7.11 Å². The molecular weight excluding hydrogens is 400 g/mol. The Balaban J connectivity index is 0.000000401. The van der Waals surface area contributed by atoms with Gasteiger partial charge in [-0.2, -0.15) is 5.10 Å². The fourth-order valence-corrected chi connectivity index (χ4v) is 3.94. The largest absolute Gasteiger partial charge is 0.497 e. The molecule has 1 aliphatic rings. The first kappa shape index (κ1) is 22.4. The lowest BCUT2D eigenvalue weighted by Gasteiger charge is -2.31. The number of nitrogens with one attached hydrogen (secondary N) is 1. The predicted octanol–water partition coefficient (Wildman–Crippen LogP) is 2.49. The summed E-state index contributed by atoms with van der Waals surface area (Å²) in [7, 11) is 3.71. The minimum Gasteiger partial charge on any atom is -0.497 e. The van der Waals surface area contributed by atoms with Gasteiger partial charge < -0.3 is 24.8 Å². The van der Waals surface area contributed by atoms with Crippen molar-refractivity contribution in [2.75, 3.05) is 26.7 Å². The van der Waals surface area contributed by atoms with Crippen LogP contribution in [0.2, 0.25) is 0 Å². The molecule has 0 amide bonds. The molecule has 1 aliphatic heterocycles. The minimum absolute atomic E-state index is 0.635. The number of likely N-dealkylation sites (tertiary alicyclic amines) is 1. The summed E-state index contributed by atoms with van der Waals surface area (Å²) in [6.45, 7) is 3.46. The number of benzene rings is 1. The predicted molar refractivity (Wildman–Crippen MR) is 115 cm³/mol. The first-order valence-corrected chi connectivity index (χ1v) is 10.2. The molecule has 0 atom stereocenters. The Bertz CT molecular complexity index is 1020. The third-order valence-corrected chi connectivity index (χ3v) is 5.61. The van der Waals surface area contributed by atoms with Gasteiger partial charge in [-0.05, 0) is 67.6 Å². The number of methoxy groups -OCH3 is 1. The monoisotopic (exact) mass is 428 g/mol. The molecule has 9 nitrogen and oxygen atoms in total. The van der Waals surface area contributed by atoms with Crippen molar-refractivity contribution in [3.8, 4) is 5.75 Å². The zero-order chi connectivity index (χ0) is 22.4. The van der Waals surface area contributed by atoms with E-state index < -0.39 is 11.9 Å². The highest BCUT2D eigenvalue weighted by atomic mass is 16.5. The standard InChI is InChI=1S/C20H26N4O.C2H2O4/c1-23-14-15(12-22-23)5-8-24-9-6-16(7-10-24)19-13-21-20-4-3-17(25-2)11-18(19)20;3-1(4)2(5)6/h3-4,11-14,16,21H,5-10H2,1-2H3;(H,3,4)(H,5,6). The van der Waals surface area contributed by atoms with Gasteiger partial charge >= 0.3 is 11.9 Å². The molecule has 0 saturated carbocycles. The molecule has 4 rings (SSSR count). The van der Waals surface area contributed by atoms with Gasteiger partial charge in [0.15, 0.2) is 0 Å². The number of rotatable bonds is 5. The molecule has 166 valence electrons. The molecule has 1 saturated heterocycles. The van der Waals surface area contributed by atoms with Gasteiger partial charge in [-0.15, -0.1) is 0 Å². The number of aromatic amines is 1. The molecule has 1 aromatic carbocycles. The number of carboxylic acids is 2. The summed E-state index contributed by atoms with van der Waals surface area (Å²) in [6.07, 6.45) is 9.81. The number of piperidine rings is 1. The Labute approximate surface area is 180 Å². The molecule has 0 unspecified atom stereocenters. The van der Waals surface area contributed by atoms with Crippen molar-refractivity contribution < 1.29 is 24.5 Å². The highest BCUT2D eigenvalue weighted by Crippen LogP contribution is 2.34. The number of aromatic nitrogens is 3. The zero-order valence-corrected chi connectivity index (χ0v) is 17.7. The van der Waals surface area contributed by atoms with Gasteiger partial charge in [0.05, 0.1) is 13.3 Å². The maximum absolute atomic E-state index is 9.10. The first-order chi connectivity index (χ1) is 14.9. The van der Waals surface area contributed by atoms with E-state index in [0.717, 1.165) is 18.7 Å². The van der Waals surface area contributed by atoms with Gasteiger partial charge in [0.25, 0.3) is 0 Å². The van der Waals surface area contributed by atoms with Crippen molar-refractivity contribution in [3.63, 3.8) is 0 Å². The molecule has 31 heavy (non-hydrogen) atoms. The summed E-state index contributed by atoms with van der Waals surface area (Å²) < 4.78 is 7.28. The van der Waals surface area contributed by atoms with Gasteiger partial charge in [0.2, 0.25) is 0 Å². The number of nitrogens with zero attached hydrogens (tertiary/aromatic N) is 3. The van der Waals surface area contributed by atoms with Crippen LogP contribution in [-0.4, -0.2) is 68.6 Å². The summed E-state index contributed by atoms with van der Waals surface area (Å²) in [4.78, 5) is 24.2. The van der Waals surface area contributed by atoms with Gasteiger partial charge in [-0.25, -0.2) is 9.59 Å². The molecule has 3 aromatic rings. The lowest BCUT2D eigenvalue weighted by molar-refractivity contribution is -0.159. The fraction of sp³-hybridized carbons (Fsp3) is 0.409. The lowest BCUT2D eigenvalue weighted by atomic mass is 9.89. The number of carboxylic acid groups (broad SMARTS) is 2. The van der Waals surface area contributed by atoms with Gasteiger partial charge in [-0.3, -0.25) is 4.68 Å². The third-order valence-electron chi connectivity index (χ3n) is 5.61. The number of hydrogen-bond acceptors (Lipinski definition) is 5. The van der Waals surface area contributed by atoms with Crippen molar-refractivity contribution in [2.45, 2.75) is 25.2 Å². The van der Waals surface area contributed by atoms with E-state index in [9.17, 15) is 0 Å². The Hall–Kier alpha value is -3.33. The topological polar surface area (TPSA) is 121 Å². The van der Waals surface area contributed by atoms with Gasteiger partial charge in [0.1, 0.15) is 5.75 Å². The van der Waals surface area contributed by atoms with Crippen molar-refractivity contribution in [2.24, 2.45) is 7.05 Å². The average Bonchev–Trinajstić information content (AvgIpc) is 3.38. The number of hydrogen-bond donors (Lipinski definition) is 3. The quantitative estimate of drug-likeness (QED) is 0.534. The second-order valence-corrected chi connectivity index (χ2v) is 7.65. The van der Waals surface area contributed by atoms with Crippen LogP contribution >= 0.6 is 0 Å². The summed E-state index contributed by atoms with van der Waals surface area (Å²) in [5.41, 5.74) is 3.98. The summed E-state index contributed by atoms with van der Waals surface area (Å²) in [6, 6.07) is 6.29. The van der Waals surface area contributed by atoms with Crippen LogP contribution in [0.3, 0.4) is 0 Å². The van der Waals surface area contributed by atoms with Crippen LogP contribution < -0.4 is 4.74 Å². The van der Waals surface area contributed by atoms with Crippen LogP contribution in [0, 0.1) is 0 Å².